The van der Waals surface area contributed by atoms with Crippen LogP contribution >= 0.6 is 0 Å². The first-order chi connectivity index (χ1) is 11.3. The smallest absolute Gasteiger partial charge is 0.254 e. The Morgan fingerprint density at radius 3 is 2.78 bits per heavy atom. The molecule has 0 heterocycles. The van der Waals surface area contributed by atoms with Gasteiger partial charge in [0.2, 0.25) is 0 Å². The third kappa shape index (κ3) is 8.62. The van der Waals surface area contributed by atoms with E-state index in [-0.39, 0.29) is 6.42 Å². The average Bonchev–Trinajstić information content (AvgIpc) is 2.55. The first kappa shape index (κ1) is 18.7. The van der Waals surface area contributed by atoms with E-state index in [1.165, 1.54) is 38.3 Å². The zero-order valence-corrected chi connectivity index (χ0v) is 13.8. The summed E-state index contributed by atoms with van der Waals surface area (Å²) in [6, 6.07) is 9.32. The summed E-state index contributed by atoms with van der Waals surface area (Å²) in [5, 5.41) is 12.2. The van der Waals surface area contributed by atoms with Crippen LogP contribution in [-0.2, 0) is 4.79 Å². The van der Waals surface area contributed by atoms with Gasteiger partial charge in [0.1, 0.15) is 12.2 Å². The van der Waals surface area contributed by atoms with Crippen molar-refractivity contribution in [1.29, 1.82) is 5.26 Å². The minimum Gasteiger partial charge on any atom is -0.493 e. The molecule has 0 saturated heterocycles. The highest BCUT2D eigenvalue weighted by Crippen LogP contribution is 2.16. The maximum Gasteiger partial charge on any atom is 0.254 e. The molecule has 0 aromatic heterocycles. The number of hydrogen-bond donors (Lipinski definition) is 1. The average molecular weight is 315 g/mol. The zero-order valence-electron chi connectivity index (χ0n) is 13.8. The molecule has 0 unspecified atom stereocenters. The molecule has 124 valence electrons. The van der Waals surface area contributed by atoms with E-state index < -0.39 is 5.91 Å². The highest BCUT2D eigenvalue weighted by atomic mass is 16.5. The van der Waals surface area contributed by atoms with Gasteiger partial charge in [-0.05, 0) is 18.6 Å². The Hall–Kier alpha value is -2.35. The third-order valence-corrected chi connectivity index (χ3v) is 3.31. The van der Waals surface area contributed by atoms with Crippen LogP contribution in [0.2, 0.25) is 0 Å². The van der Waals surface area contributed by atoms with E-state index >= 15 is 0 Å². The van der Waals surface area contributed by atoms with Crippen molar-refractivity contribution in [2.24, 2.45) is 5.10 Å². The molecular formula is C18H25N3O2. The normalized spacial score (nSPS) is 10.4. The summed E-state index contributed by atoms with van der Waals surface area (Å²) in [5.74, 6) is 0.327. The minimum atomic E-state index is -0.422. The number of benzene rings is 1. The molecule has 0 aliphatic heterocycles. The number of para-hydroxylation sites is 1. The predicted octanol–water partition coefficient (Wildman–Crippen LogP) is 3.79. The molecule has 1 amide bonds. The first-order valence-corrected chi connectivity index (χ1v) is 8.18. The van der Waals surface area contributed by atoms with Crippen molar-refractivity contribution < 1.29 is 9.53 Å². The fraction of sp³-hybridized carbons (Fsp3) is 0.500. The second-order valence-electron chi connectivity index (χ2n) is 5.28. The second kappa shape index (κ2) is 12.2. The fourth-order valence-corrected chi connectivity index (χ4v) is 2.07. The molecule has 0 fully saturated rings. The summed E-state index contributed by atoms with van der Waals surface area (Å²) >= 11 is 0. The van der Waals surface area contributed by atoms with Crippen molar-refractivity contribution in [2.75, 3.05) is 6.61 Å². The van der Waals surface area contributed by atoms with Crippen LogP contribution < -0.4 is 10.2 Å². The second-order valence-corrected chi connectivity index (χ2v) is 5.28. The molecule has 0 aliphatic rings. The molecule has 0 aliphatic carbocycles. The van der Waals surface area contributed by atoms with Gasteiger partial charge in [0, 0.05) is 5.56 Å². The molecule has 5 nitrogen and oxygen atoms in total. The van der Waals surface area contributed by atoms with E-state index in [0.29, 0.717) is 6.61 Å². The summed E-state index contributed by atoms with van der Waals surface area (Å²) in [7, 11) is 0. The van der Waals surface area contributed by atoms with Crippen molar-refractivity contribution in [2.45, 2.75) is 51.9 Å². The van der Waals surface area contributed by atoms with Crippen LogP contribution in [0.5, 0.6) is 5.75 Å². The maximum absolute atomic E-state index is 11.2. The van der Waals surface area contributed by atoms with E-state index in [9.17, 15) is 4.79 Å². The van der Waals surface area contributed by atoms with Crippen molar-refractivity contribution in [3.8, 4) is 11.8 Å². The lowest BCUT2D eigenvalue weighted by atomic mass is 10.1. The molecule has 0 atom stereocenters. The van der Waals surface area contributed by atoms with Crippen LogP contribution in [0.15, 0.2) is 29.4 Å². The molecule has 5 heteroatoms. The SMILES string of the molecule is CCCCCCCCOc1ccccc1/C=N\NC(=O)CC#N. The van der Waals surface area contributed by atoms with Gasteiger partial charge in [-0.25, -0.2) is 5.43 Å². The highest BCUT2D eigenvalue weighted by Gasteiger charge is 2.01. The van der Waals surface area contributed by atoms with Gasteiger partial charge >= 0.3 is 0 Å². The van der Waals surface area contributed by atoms with Crippen LogP contribution in [0.25, 0.3) is 0 Å². The number of amides is 1. The molecule has 0 saturated carbocycles. The number of nitrogens with zero attached hydrogens (tertiary/aromatic N) is 2. The number of ether oxygens (including phenoxy) is 1. The number of hydrogen-bond acceptors (Lipinski definition) is 4. The lowest BCUT2D eigenvalue weighted by Crippen LogP contribution is -2.16. The Morgan fingerprint density at radius 2 is 2.00 bits per heavy atom. The van der Waals surface area contributed by atoms with Gasteiger partial charge in [-0.2, -0.15) is 10.4 Å². The third-order valence-electron chi connectivity index (χ3n) is 3.31. The topological polar surface area (TPSA) is 74.5 Å². The summed E-state index contributed by atoms with van der Waals surface area (Å²) in [6.45, 7) is 2.89. The fourth-order valence-electron chi connectivity index (χ4n) is 2.07. The Balaban J connectivity index is 2.37. The van der Waals surface area contributed by atoms with Gasteiger partial charge in [0.25, 0.3) is 5.91 Å². The standard InChI is InChI=1S/C18H25N3O2/c1-2-3-4-5-6-9-14-23-17-11-8-7-10-16(17)15-20-21-18(22)12-13-19/h7-8,10-11,15H,2-6,9,12,14H2,1H3,(H,21,22)/b20-15-. The highest BCUT2D eigenvalue weighted by molar-refractivity contribution is 5.85. The van der Waals surface area contributed by atoms with Gasteiger partial charge in [0.05, 0.1) is 18.9 Å². The van der Waals surface area contributed by atoms with Crippen molar-refractivity contribution in [3.63, 3.8) is 0 Å². The molecule has 0 radical (unpaired) electrons. The van der Waals surface area contributed by atoms with Crippen LogP contribution in [-0.4, -0.2) is 18.7 Å². The van der Waals surface area contributed by atoms with Crippen LogP contribution in [0.3, 0.4) is 0 Å². The lowest BCUT2D eigenvalue weighted by Gasteiger charge is -2.08. The van der Waals surface area contributed by atoms with Gasteiger partial charge in [-0.3, -0.25) is 4.79 Å². The van der Waals surface area contributed by atoms with Gasteiger partial charge in [0.15, 0.2) is 0 Å². The molecule has 1 N–H and O–H groups in total. The number of carbonyl (C=O) groups excluding carboxylic acids is 1. The first-order valence-electron chi connectivity index (χ1n) is 8.18. The van der Waals surface area contributed by atoms with E-state index in [1.54, 1.807) is 6.07 Å². The number of nitrogens with one attached hydrogen (secondary N) is 1. The van der Waals surface area contributed by atoms with Crippen molar-refractivity contribution in [3.05, 3.63) is 29.8 Å². The summed E-state index contributed by atoms with van der Waals surface area (Å²) < 4.78 is 5.79. The minimum absolute atomic E-state index is 0.201. The Kier molecular flexibility index (Phi) is 9.93. The van der Waals surface area contributed by atoms with Crippen molar-refractivity contribution in [1.82, 2.24) is 5.43 Å². The van der Waals surface area contributed by atoms with Crippen LogP contribution in [0.4, 0.5) is 0 Å². The molecule has 1 aromatic rings. The zero-order chi connectivity index (χ0) is 16.8. The van der Waals surface area contributed by atoms with E-state index in [4.69, 9.17) is 10.00 Å². The molecular weight excluding hydrogens is 290 g/mol. The van der Waals surface area contributed by atoms with E-state index in [1.807, 2.05) is 24.3 Å². The largest absolute Gasteiger partial charge is 0.493 e. The van der Waals surface area contributed by atoms with Crippen LogP contribution in [0, 0.1) is 11.3 Å². The Bertz CT molecular complexity index is 535. The van der Waals surface area contributed by atoms with Gasteiger partial charge < -0.3 is 4.74 Å². The number of nitriles is 1. The molecule has 0 bridgehead atoms. The molecule has 23 heavy (non-hydrogen) atoms. The lowest BCUT2D eigenvalue weighted by molar-refractivity contribution is -0.120. The monoisotopic (exact) mass is 315 g/mol. The molecule has 0 spiro atoms. The molecule has 1 rings (SSSR count). The summed E-state index contributed by atoms with van der Waals surface area (Å²) in [6.07, 6.45) is 8.66. The van der Waals surface area contributed by atoms with Gasteiger partial charge in [-0.1, -0.05) is 51.2 Å². The van der Waals surface area contributed by atoms with E-state index in [2.05, 4.69) is 17.5 Å². The Labute approximate surface area is 138 Å². The van der Waals surface area contributed by atoms with Crippen molar-refractivity contribution >= 4 is 12.1 Å². The van der Waals surface area contributed by atoms with Crippen LogP contribution in [0.1, 0.15) is 57.4 Å². The quantitative estimate of drug-likeness (QED) is 0.383. The Morgan fingerprint density at radius 1 is 1.26 bits per heavy atom. The summed E-state index contributed by atoms with van der Waals surface area (Å²) in [5.41, 5.74) is 3.11. The summed E-state index contributed by atoms with van der Waals surface area (Å²) in [4.78, 5) is 11.2. The maximum atomic E-state index is 11.2. The number of unbranched alkanes of at least 4 members (excludes halogenated alkanes) is 5. The number of rotatable bonds is 11. The predicted molar refractivity (Wildman–Crippen MR) is 91.3 cm³/mol. The van der Waals surface area contributed by atoms with E-state index in [0.717, 1.165) is 17.7 Å². The number of hydrazone groups is 1. The van der Waals surface area contributed by atoms with Gasteiger partial charge in [-0.15, -0.1) is 0 Å². The number of carbonyl (C=O) groups is 1. The molecule has 1 aromatic carbocycles.